The zero-order valence-electron chi connectivity index (χ0n) is 22.7. The highest BCUT2D eigenvalue weighted by atomic mass is 31.2. The van der Waals surface area contributed by atoms with Crippen LogP contribution in [0.3, 0.4) is 0 Å². The average Bonchev–Trinajstić information content (AvgIpc) is 2.51. The highest BCUT2D eigenvalue weighted by Crippen LogP contribution is 2.46. The number of unbranched alkanes of at least 4 members (excludes halogenated alkanes) is 7. The van der Waals surface area contributed by atoms with Crippen molar-refractivity contribution in [2.45, 2.75) is 120 Å². The van der Waals surface area contributed by atoms with Crippen LogP contribution in [-0.4, -0.2) is 34.4 Å². The number of rotatable bonds is 17. The van der Waals surface area contributed by atoms with Crippen LogP contribution in [0.15, 0.2) is 0 Å². The van der Waals surface area contributed by atoms with Crippen LogP contribution in [-0.2, 0) is 9.13 Å². The molecule has 0 aliphatic carbocycles. The molecule has 0 bridgehead atoms. The average molecular weight is 495 g/mol. The number of hydrogen-bond donors (Lipinski definition) is 2. The topological polar surface area (TPSA) is 74.6 Å². The van der Waals surface area contributed by atoms with Gasteiger partial charge in [-0.1, -0.05) is 93.9 Å². The first-order chi connectivity index (χ1) is 14.4. The van der Waals surface area contributed by atoms with Crippen molar-refractivity contribution in [1.29, 1.82) is 0 Å². The lowest BCUT2D eigenvalue weighted by Crippen LogP contribution is -2.14. The van der Waals surface area contributed by atoms with Crippen molar-refractivity contribution in [2.75, 3.05) is 24.6 Å². The van der Waals surface area contributed by atoms with Gasteiger partial charge in [0.05, 0.1) is 0 Å². The first-order valence-corrected chi connectivity index (χ1v) is 17.1. The van der Waals surface area contributed by atoms with Crippen molar-refractivity contribution in [1.82, 2.24) is 0 Å². The van der Waals surface area contributed by atoms with Crippen LogP contribution in [0.4, 0.5) is 0 Å². The normalized spacial score (nSPS) is 18.7. The standard InChI is InChI=1S/C26H56O4P2/c1-23(19-25(3,4)5)21-31(27,28)17-15-13-11-9-10-12-14-16-18-32(29,30)22-24(2)20-26(6,7)8/h23-24H,9-22H2,1-8H3,(H,27,28)(H,29,30). The molecule has 0 saturated carbocycles. The molecule has 194 valence electrons. The summed E-state index contributed by atoms with van der Waals surface area (Å²) in [7, 11) is -5.99. The Hall–Kier alpha value is 0.380. The molecule has 0 spiro atoms. The third-order valence-corrected chi connectivity index (χ3v) is 10.3. The first kappa shape index (κ1) is 32.4. The van der Waals surface area contributed by atoms with Crippen LogP contribution in [0, 0.1) is 22.7 Å². The van der Waals surface area contributed by atoms with Gasteiger partial charge in [-0.15, -0.1) is 0 Å². The van der Waals surface area contributed by atoms with E-state index in [0.29, 0.717) is 36.5 Å². The van der Waals surface area contributed by atoms with E-state index in [2.05, 4.69) is 55.4 Å². The molecule has 0 saturated heterocycles. The van der Waals surface area contributed by atoms with Gasteiger partial charge in [0.15, 0.2) is 0 Å². The second kappa shape index (κ2) is 14.7. The van der Waals surface area contributed by atoms with E-state index >= 15 is 0 Å². The predicted octanol–water partition coefficient (Wildman–Crippen LogP) is 8.79. The Morgan fingerprint density at radius 3 is 1.06 bits per heavy atom. The second-order valence-electron chi connectivity index (χ2n) is 13.1. The van der Waals surface area contributed by atoms with Gasteiger partial charge < -0.3 is 9.79 Å². The first-order valence-electron chi connectivity index (χ1n) is 13.0. The van der Waals surface area contributed by atoms with E-state index in [-0.39, 0.29) is 10.8 Å². The van der Waals surface area contributed by atoms with Gasteiger partial charge in [0.2, 0.25) is 14.7 Å². The molecule has 0 aromatic heterocycles. The molecule has 0 aliphatic rings. The van der Waals surface area contributed by atoms with Crippen molar-refractivity contribution >= 4 is 14.7 Å². The van der Waals surface area contributed by atoms with E-state index in [1.54, 1.807) is 0 Å². The molecule has 4 unspecified atom stereocenters. The van der Waals surface area contributed by atoms with E-state index in [1.165, 1.54) is 0 Å². The summed E-state index contributed by atoms with van der Waals surface area (Å²) in [6, 6.07) is 0. The molecule has 0 fully saturated rings. The lowest BCUT2D eigenvalue weighted by Gasteiger charge is -2.25. The Morgan fingerprint density at radius 1 is 0.562 bits per heavy atom. The maximum atomic E-state index is 12.4. The maximum absolute atomic E-state index is 12.4. The van der Waals surface area contributed by atoms with Crippen molar-refractivity contribution in [3.8, 4) is 0 Å². The minimum absolute atomic E-state index is 0.207. The summed E-state index contributed by atoms with van der Waals surface area (Å²) >= 11 is 0. The van der Waals surface area contributed by atoms with Gasteiger partial charge in [-0.2, -0.15) is 0 Å². The molecule has 0 radical (unpaired) electrons. The van der Waals surface area contributed by atoms with Gasteiger partial charge in [-0.3, -0.25) is 9.13 Å². The molecule has 6 heteroatoms. The lowest BCUT2D eigenvalue weighted by atomic mass is 9.86. The van der Waals surface area contributed by atoms with E-state index in [4.69, 9.17) is 0 Å². The van der Waals surface area contributed by atoms with Gasteiger partial charge in [-0.05, 0) is 48.3 Å². The van der Waals surface area contributed by atoms with Gasteiger partial charge >= 0.3 is 0 Å². The SMILES string of the molecule is CC(CC(C)(C)C)CP(=O)(O)CCCCCCCCCCP(=O)(O)CC(C)CC(C)(C)C. The summed E-state index contributed by atoms with van der Waals surface area (Å²) in [5, 5.41) is 0. The van der Waals surface area contributed by atoms with E-state index < -0.39 is 14.7 Å². The van der Waals surface area contributed by atoms with Crippen molar-refractivity contribution < 1.29 is 18.9 Å². The van der Waals surface area contributed by atoms with Crippen LogP contribution in [0.5, 0.6) is 0 Å². The van der Waals surface area contributed by atoms with Crippen LogP contribution < -0.4 is 0 Å². The van der Waals surface area contributed by atoms with Crippen molar-refractivity contribution in [2.24, 2.45) is 22.7 Å². The Balaban J connectivity index is 3.80. The van der Waals surface area contributed by atoms with Gasteiger partial charge in [-0.25, -0.2) is 0 Å². The molecule has 0 aromatic carbocycles. The summed E-state index contributed by atoms with van der Waals surface area (Å²) in [6.45, 7) is 17.3. The summed E-state index contributed by atoms with van der Waals surface area (Å²) in [6.07, 6.45) is 12.0. The van der Waals surface area contributed by atoms with Crippen LogP contribution in [0.25, 0.3) is 0 Å². The molecular weight excluding hydrogens is 438 g/mol. The zero-order chi connectivity index (χ0) is 25.1. The minimum Gasteiger partial charge on any atom is -0.344 e. The van der Waals surface area contributed by atoms with E-state index in [0.717, 1.165) is 64.2 Å². The Morgan fingerprint density at radius 2 is 0.812 bits per heavy atom. The van der Waals surface area contributed by atoms with Gasteiger partial charge in [0, 0.05) is 24.6 Å². The van der Waals surface area contributed by atoms with E-state index in [9.17, 15) is 18.9 Å². The Labute approximate surface area is 200 Å². The van der Waals surface area contributed by atoms with Crippen LogP contribution in [0.1, 0.15) is 120 Å². The zero-order valence-corrected chi connectivity index (χ0v) is 24.4. The fourth-order valence-electron chi connectivity index (χ4n) is 5.15. The maximum Gasteiger partial charge on any atom is 0.200 e. The highest BCUT2D eigenvalue weighted by molar-refractivity contribution is 7.58. The second-order valence-corrected chi connectivity index (χ2v) is 18.1. The quantitative estimate of drug-likeness (QED) is 0.156. The fraction of sp³-hybridized carbons (Fsp3) is 1.00. The minimum atomic E-state index is -2.99. The summed E-state index contributed by atoms with van der Waals surface area (Å²) < 4.78 is 24.9. The van der Waals surface area contributed by atoms with Gasteiger partial charge in [0.1, 0.15) is 0 Å². The molecule has 4 atom stereocenters. The van der Waals surface area contributed by atoms with Crippen molar-refractivity contribution in [3.63, 3.8) is 0 Å². The molecule has 2 N–H and O–H groups in total. The third-order valence-electron chi connectivity index (χ3n) is 5.88. The molecule has 4 nitrogen and oxygen atoms in total. The molecule has 0 rings (SSSR count). The predicted molar refractivity (Wildman–Crippen MR) is 143 cm³/mol. The monoisotopic (exact) mass is 494 g/mol. The highest BCUT2D eigenvalue weighted by Gasteiger charge is 2.25. The molecule has 32 heavy (non-hydrogen) atoms. The molecule has 0 heterocycles. The van der Waals surface area contributed by atoms with Crippen LogP contribution >= 0.6 is 14.7 Å². The molecule has 0 aromatic rings. The largest absolute Gasteiger partial charge is 0.344 e. The van der Waals surface area contributed by atoms with Gasteiger partial charge in [0.25, 0.3) is 0 Å². The summed E-state index contributed by atoms with van der Waals surface area (Å²) in [5.41, 5.74) is 0.413. The summed E-state index contributed by atoms with van der Waals surface area (Å²) in [5.74, 6) is 0.587. The van der Waals surface area contributed by atoms with Crippen molar-refractivity contribution in [3.05, 3.63) is 0 Å². The summed E-state index contributed by atoms with van der Waals surface area (Å²) in [4.78, 5) is 20.5. The molecule has 0 amide bonds. The third kappa shape index (κ3) is 20.9. The van der Waals surface area contributed by atoms with Crippen LogP contribution in [0.2, 0.25) is 0 Å². The lowest BCUT2D eigenvalue weighted by molar-refractivity contribution is 0.316. The fourth-order valence-corrected chi connectivity index (χ4v) is 9.16. The number of hydrogen-bond acceptors (Lipinski definition) is 2. The Kier molecular flexibility index (Phi) is 14.9. The van der Waals surface area contributed by atoms with E-state index in [1.807, 2.05) is 0 Å². The smallest absolute Gasteiger partial charge is 0.200 e. The molecular formula is C26H56O4P2. The molecule has 0 aliphatic heterocycles. The Bertz CT molecular complexity index is 538.